The van der Waals surface area contributed by atoms with Crippen molar-refractivity contribution >= 4 is 10.8 Å². The first-order chi connectivity index (χ1) is 11.8. The van der Waals surface area contributed by atoms with Gasteiger partial charge in [0.25, 0.3) is 0 Å². The van der Waals surface area contributed by atoms with Gasteiger partial charge in [-0.3, -0.25) is 0 Å². The van der Waals surface area contributed by atoms with Crippen molar-refractivity contribution in [3.63, 3.8) is 0 Å². The highest BCUT2D eigenvalue weighted by atomic mass is 16.5. The summed E-state index contributed by atoms with van der Waals surface area (Å²) >= 11 is 0. The van der Waals surface area contributed by atoms with E-state index in [4.69, 9.17) is 4.74 Å². The Morgan fingerprint density at radius 1 is 0.917 bits per heavy atom. The Hall–Kier alpha value is -2.02. The summed E-state index contributed by atoms with van der Waals surface area (Å²) in [6, 6.07) is 13.4. The maximum absolute atomic E-state index is 5.74. The highest BCUT2D eigenvalue weighted by molar-refractivity contribution is 5.84. The summed E-state index contributed by atoms with van der Waals surface area (Å²) in [4.78, 5) is 0. The zero-order valence-electron chi connectivity index (χ0n) is 14.9. The second kappa shape index (κ2) is 8.19. The molecule has 2 aromatic carbocycles. The number of rotatable bonds is 5. The lowest BCUT2D eigenvalue weighted by atomic mass is 9.78. The summed E-state index contributed by atoms with van der Waals surface area (Å²) in [7, 11) is 0. The number of fused-ring (bicyclic) bond motifs is 1. The van der Waals surface area contributed by atoms with Crippen LogP contribution in [0.25, 0.3) is 10.8 Å². The first-order valence-electron chi connectivity index (χ1n) is 9.20. The maximum Gasteiger partial charge on any atom is 0.120 e. The van der Waals surface area contributed by atoms with Crippen LogP contribution in [0, 0.1) is 5.92 Å². The van der Waals surface area contributed by atoms with Crippen molar-refractivity contribution < 1.29 is 4.74 Å². The lowest BCUT2D eigenvalue weighted by Crippen LogP contribution is -2.11. The van der Waals surface area contributed by atoms with Gasteiger partial charge in [0.05, 0.1) is 0 Å². The van der Waals surface area contributed by atoms with E-state index in [-0.39, 0.29) is 0 Å². The van der Waals surface area contributed by atoms with E-state index >= 15 is 0 Å². The van der Waals surface area contributed by atoms with Crippen LogP contribution >= 0.6 is 0 Å². The second-order valence-corrected chi connectivity index (χ2v) is 6.79. The molecule has 1 nitrogen and oxygen atoms in total. The fourth-order valence-electron chi connectivity index (χ4n) is 3.74. The van der Waals surface area contributed by atoms with Crippen LogP contribution < -0.4 is 4.74 Å². The summed E-state index contributed by atoms with van der Waals surface area (Å²) in [5, 5.41) is 2.58. The molecule has 0 bridgehead atoms. The Morgan fingerprint density at radius 3 is 2.42 bits per heavy atom. The molecule has 0 saturated heterocycles. The predicted molar refractivity (Wildman–Crippen MR) is 104 cm³/mol. The molecule has 1 aliphatic rings. The van der Waals surface area contributed by atoms with Crippen LogP contribution in [0.4, 0.5) is 0 Å². The number of benzene rings is 2. The zero-order valence-corrected chi connectivity index (χ0v) is 14.9. The Kier molecular flexibility index (Phi) is 5.74. The van der Waals surface area contributed by atoms with Gasteiger partial charge in [-0.2, -0.15) is 0 Å². The van der Waals surface area contributed by atoms with Gasteiger partial charge in [-0.15, -0.1) is 0 Å². The molecule has 0 N–H and O–H groups in total. The third kappa shape index (κ3) is 4.08. The molecule has 24 heavy (non-hydrogen) atoms. The van der Waals surface area contributed by atoms with Crippen LogP contribution in [0.2, 0.25) is 0 Å². The first-order valence-corrected chi connectivity index (χ1v) is 9.20. The molecular weight excluding hydrogens is 292 g/mol. The third-order valence-electron chi connectivity index (χ3n) is 5.13. The molecule has 0 atom stereocenters. The normalized spacial score (nSPS) is 21.8. The Bertz CT molecular complexity index is 718. The molecular formula is C23H28O. The van der Waals surface area contributed by atoms with E-state index in [1.165, 1.54) is 42.0 Å². The standard InChI is InChI=1S/C23H28O/c1-3-5-15-24-23-14-13-21-16-20(11-12-22(21)17-23)19-9-7-18(6-4-2)8-10-19/h3-6,11-14,16-19H,7-10,15H2,1-2H3/b5-3+,6-4+. The van der Waals surface area contributed by atoms with E-state index in [1.807, 2.05) is 19.1 Å². The molecule has 1 saturated carbocycles. The molecule has 2 aromatic rings. The van der Waals surface area contributed by atoms with Crippen LogP contribution in [0.5, 0.6) is 5.75 Å². The summed E-state index contributed by atoms with van der Waals surface area (Å²) in [5.41, 5.74) is 1.50. The van der Waals surface area contributed by atoms with Gasteiger partial charge in [-0.1, -0.05) is 48.6 Å². The van der Waals surface area contributed by atoms with Crippen molar-refractivity contribution in [1.29, 1.82) is 0 Å². The van der Waals surface area contributed by atoms with E-state index < -0.39 is 0 Å². The monoisotopic (exact) mass is 320 g/mol. The molecule has 1 aliphatic carbocycles. The molecule has 126 valence electrons. The quantitative estimate of drug-likeness (QED) is 0.561. The minimum atomic E-state index is 0.634. The average molecular weight is 320 g/mol. The Labute approximate surface area is 146 Å². The van der Waals surface area contributed by atoms with Crippen molar-refractivity contribution in [2.45, 2.75) is 45.4 Å². The maximum atomic E-state index is 5.74. The topological polar surface area (TPSA) is 9.23 Å². The summed E-state index contributed by atoms with van der Waals surface area (Å²) in [5.74, 6) is 2.46. The van der Waals surface area contributed by atoms with Crippen LogP contribution in [-0.4, -0.2) is 6.61 Å². The predicted octanol–water partition coefficient (Wildman–Crippen LogP) is 6.64. The molecule has 1 heteroatoms. The lowest BCUT2D eigenvalue weighted by molar-refractivity contribution is 0.363. The van der Waals surface area contributed by atoms with Crippen molar-refractivity contribution in [3.05, 3.63) is 66.3 Å². The molecule has 3 rings (SSSR count). The SMILES string of the molecule is C/C=C/COc1ccc2cc(C3CCC(/C=C/C)CC3)ccc2c1. The molecule has 0 spiro atoms. The summed E-state index contributed by atoms with van der Waals surface area (Å²) < 4.78 is 5.74. The average Bonchev–Trinajstić information content (AvgIpc) is 2.62. The smallest absolute Gasteiger partial charge is 0.120 e. The van der Waals surface area contributed by atoms with E-state index in [9.17, 15) is 0 Å². The highest BCUT2D eigenvalue weighted by Gasteiger charge is 2.20. The Morgan fingerprint density at radius 2 is 1.67 bits per heavy atom. The minimum absolute atomic E-state index is 0.634. The number of hydrogen-bond acceptors (Lipinski definition) is 1. The number of hydrogen-bond donors (Lipinski definition) is 0. The van der Waals surface area contributed by atoms with Crippen molar-refractivity contribution in [3.8, 4) is 5.75 Å². The van der Waals surface area contributed by atoms with E-state index in [1.54, 1.807) is 0 Å². The van der Waals surface area contributed by atoms with Gasteiger partial charge in [0.15, 0.2) is 0 Å². The van der Waals surface area contributed by atoms with Gasteiger partial charge in [0.2, 0.25) is 0 Å². The zero-order chi connectivity index (χ0) is 16.8. The third-order valence-corrected chi connectivity index (χ3v) is 5.13. The van der Waals surface area contributed by atoms with Crippen molar-refractivity contribution in [2.24, 2.45) is 5.92 Å². The Balaban J connectivity index is 1.71. The van der Waals surface area contributed by atoms with Crippen LogP contribution in [0.1, 0.15) is 51.0 Å². The summed E-state index contributed by atoms with van der Waals surface area (Å²) in [6.07, 6.45) is 13.9. The fraction of sp³-hybridized carbons (Fsp3) is 0.391. The van der Waals surface area contributed by atoms with Gasteiger partial charge in [-0.25, -0.2) is 0 Å². The largest absolute Gasteiger partial charge is 0.490 e. The van der Waals surface area contributed by atoms with Gasteiger partial charge in [-0.05, 0) is 79.8 Å². The molecule has 0 radical (unpaired) electrons. The first kappa shape index (κ1) is 16.8. The summed E-state index contributed by atoms with van der Waals surface area (Å²) in [6.45, 7) is 4.78. The number of allylic oxidation sites excluding steroid dienone is 3. The molecule has 0 heterocycles. The van der Waals surface area contributed by atoms with Gasteiger partial charge in [0.1, 0.15) is 12.4 Å². The highest BCUT2D eigenvalue weighted by Crippen LogP contribution is 2.37. The van der Waals surface area contributed by atoms with Crippen molar-refractivity contribution in [1.82, 2.24) is 0 Å². The number of ether oxygens (including phenoxy) is 1. The molecule has 0 aliphatic heterocycles. The van der Waals surface area contributed by atoms with E-state index in [2.05, 4.69) is 55.5 Å². The molecule has 1 fully saturated rings. The van der Waals surface area contributed by atoms with E-state index in [0.717, 1.165) is 17.6 Å². The molecule has 0 amide bonds. The van der Waals surface area contributed by atoms with Crippen molar-refractivity contribution in [2.75, 3.05) is 6.61 Å². The van der Waals surface area contributed by atoms with Gasteiger partial charge in [0, 0.05) is 0 Å². The minimum Gasteiger partial charge on any atom is -0.490 e. The van der Waals surface area contributed by atoms with E-state index in [0.29, 0.717) is 6.61 Å². The molecule has 0 aromatic heterocycles. The van der Waals surface area contributed by atoms with Crippen LogP contribution in [0.3, 0.4) is 0 Å². The van der Waals surface area contributed by atoms with Gasteiger partial charge >= 0.3 is 0 Å². The van der Waals surface area contributed by atoms with Crippen LogP contribution in [-0.2, 0) is 0 Å². The van der Waals surface area contributed by atoms with Crippen LogP contribution in [0.15, 0.2) is 60.7 Å². The molecule has 0 unspecified atom stereocenters. The lowest BCUT2D eigenvalue weighted by Gasteiger charge is -2.27. The van der Waals surface area contributed by atoms with Gasteiger partial charge < -0.3 is 4.74 Å². The second-order valence-electron chi connectivity index (χ2n) is 6.79. The fourth-order valence-corrected chi connectivity index (χ4v) is 3.74.